The van der Waals surface area contributed by atoms with Gasteiger partial charge in [-0.1, -0.05) is 49.6 Å². The van der Waals surface area contributed by atoms with Crippen LogP contribution in [0.5, 0.6) is 0 Å². The summed E-state index contributed by atoms with van der Waals surface area (Å²) in [6, 6.07) is 8.78. The summed E-state index contributed by atoms with van der Waals surface area (Å²) in [5.74, 6) is -1.45. The molecule has 1 aromatic carbocycles. The number of nitrogens with one attached hydrogen (secondary N) is 1. The molecule has 0 atom stereocenters. The van der Waals surface area contributed by atoms with E-state index < -0.39 is 11.5 Å². The molecule has 1 aliphatic carbocycles. The molecule has 2 N–H and O–H groups in total. The Kier molecular flexibility index (Phi) is 5.31. The van der Waals surface area contributed by atoms with Gasteiger partial charge in [-0.05, 0) is 12.8 Å². The summed E-state index contributed by atoms with van der Waals surface area (Å²) < 4.78 is 0. The number of benzene rings is 1. The summed E-state index contributed by atoms with van der Waals surface area (Å²) in [5.41, 5.74) is -0.577. The van der Waals surface area contributed by atoms with E-state index in [2.05, 4.69) is 5.32 Å². The number of carboxylic acid groups (broad SMARTS) is 1. The molecule has 1 saturated carbocycles. The molecule has 0 spiro atoms. The summed E-state index contributed by atoms with van der Waals surface area (Å²) in [5, 5.41) is 12.1. The van der Waals surface area contributed by atoms with E-state index in [4.69, 9.17) is 0 Å². The maximum Gasteiger partial charge on any atom is 0.329 e. The van der Waals surface area contributed by atoms with Gasteiger partial charge in [0.2, 0.25) is 5.91 Å². The van der Waals surface area contributed by atoms with Crippen LogP contribution in [-0.2, 0) is 9.59 Å². The largest absolute Gasteiger partial charge is 0.480 e. The first-order chi connectivity index (χ1) is 10.5. The molecule has 1 aliphatic rings. The molecule has 5 heteroatoms. The Hall–Kier alpha value is -2.17. The second kappa shape index (κ2) is 7.20. The summed E-state index contributed by atoms with van der Waals surface area (Å²) in [4.78, 5) is 35.5. The molecule has 5 nitrogen and oxygen atoms in total. The van der Waals surface area contributed by atoms with Gasteiger partial charge in [-0.15, -0.1) is 0 Å². The lowest BCUT2D eigenvalue weighted by Crippen LogP contribution is -2.55. The minimum atomic E-state index is -1.15. The average molecular weight is 303 g/mol. The predicted octanol–water partition coefficient (Wildman–Crippen LogP) is 2.55. The summed E-state index contributed by atoms with van der Waals surface area (Å²) in [6.07, 6.45) is 3.62. The van der Waals surface area contributed by atoms with Crippen molar-refractivity contribution in [1.82, 2.24) is 5.32 Å². The van der Waals surface area contributed by atoms with Gasteiger partial charge in [0.15, 0.2) is 5.78 Å². The van der Waals surface area contributed by atoms with E-state index in [0.29, 0.717) is 18.4 Å². The smallest absolute Gasteiger partial charge is 0.329 e. The summed E-state index contributed by atoms with van der Waals surface area (Å²) in [6.45, 7) is 0. The van der Waals surface area contributed by atoms with E-state index in [1.54, 1.807) is 24.3 Å². The van der Waals surface area contributed by atoms with Crippen LogP contribution < -0.4 is 5.32 Å². The molecule has 0 saturated heterocycles. The van der Waals surface area contributed by atoms with Crippen molar-refractivity contribution in [3.8, 4) is 0 Å². The standard InChI is InChI=1S/C17H21NO4/c19-14(13-7-3-1-4-8-13)9-10-15(20)18-17(16(21)22)11-5-2-6-12-17/h1,3-4,7-8H,2,5-6,9-12H2,(H,18,20)(H,21,22). The summed E-state index contributed by atoms with van der Waals surface area (Å²) in [7, 11) is 0. The number of Topliss-reactive ketones (excluding diaryl/α,β-unsaturated/α-hetero) is 1. The second-order valence-corrected chi connectivity index (χ2v) is 5.79. The zero-order valence-corrected chi connectivity index (χ0v) is 12.5. The van der Waals surface area contributed by atoms with Crippen molar-refractivity contribution in [3.63, 3.8) is 0 Å². The number of aliphatic carboxylic acids is 1. The Bertz CT molecular complexity index is 547. The molecular formula is C17H21NO4. The fourth-order valence-corrected chi connectivity index (χ4v) is 2.87. The topological polar surface area (TPSA) is 83.5 Å². The quantitative estimate of drug-likeness (QED) is 0.791. The van der Waals surface area contributed by atoms with E-state index in [1.165, 1.54) is 0 Å². The van der Waals surface area contributed by atoms with Crippen LogP contribution in [-0.4, -0.2) is 28.3 Å². The van der Waals surface area contributed by atoms with Gasteiger partial charge in [-0.3, -0.25) is 9.59 Å². The number of ketones is 1. The van der Waals surface area contributed by atoms with Crippen molar-refractivity contribution in [3.05, 3.63) is 35.9 Å². The van der Waals surface area contributed by atoms with E-state index >= 15 is 0 Å². The number of carbonyl (C=O) groups excluding carboxylic acids is 2. The SMILES string of the molecule is O=C(CCC(=O)c1ccccc1)NC1(C(=O)O)CCCCC1. The van der Waals surface area contributed by atoms with Gasteiger partial charge in [0.05, 0.1) is 0 Å². The first kappa shape index (κ1) is 16.2. The molecule has 2 rings (SSSR count). The van der Waals surface area contributed by atoms with Crippen LogP contribution in [0, 0.1) is 0 Å². The highest BCUT2D eigenvalue weighted by atomic mass is 16.4. The van der Waals surface area contributed by atoms with Gasteiger partial charge in [0, 0.05) is 18.4 Å². The van der Waals surface area contributed by atoms with Crippen LogP contribution >= 0.6 is 0 Å². The highest BCUT2D eigenvalue weighted by Crippen LogP contribution is 2.28. The average Bonchev–Trinajstić information content (AvgIpc) is 2.54. The lowest BCUT2D eigenvalue weighted by molar-refractivity contribution is -0.149. The Balaban J connectivity index is 1.89. The predicted molar refractivity (Wildman–Crippen MR) is 81.6 cm³/mol. The van der Waals surface area contributed by atoms with E-state index in [-0.39, 0.29) is 24.5 Å². The number of carboxylic acids is 1. The third-order valence-electron chi connectivity index (χ3n) is 4.17. The molecule has 1 amide bonds. The number of amides is 1. The fourth-order valence-electron chi connectivity index (χ4n) is 2.87. The van der Waals surface area contributed by atoms with Crippen LogP contribution in [0.2, 0.25) is 0 Å². The Morgan fingerprint density at radius 2 is 1.64 bits per heavy atom. The Labute approximate surface area is 129 Å². The van der Waals surface area contributed by atoms with Crippen LogP contribution in [0.4, 0.5) is 0 Å². The second-order valence-electron chi connectivity index (χ2n) is 5.79. The molecule has 0 bridgehead atoms. The van der Waals surface area contributed by atoms with E-state index in [0.717, 1.165) is 19.3 Å². The van der Waals surface area contributed by atoms with Gasteiger partial charge in [0.25, 0.3) is 0 Å². The third kappa shape index (κ3) is 3.93. The third-order valence-corrected chi connectivity index (χ3v) is 4.17. The maximum atomic E-state index is 12.0. The minimum absolute atomic E-state index is 0.0166. The highest BCUT2D eigenvalue weighted by molar-refractivity contribution is 5.98. The van der Waals surface area contributed by atoms with Crippen LogP contribution in [0.25, 0.3) is 0 Å². The first-order valence-electron chi connectivity index (χ1n) is 7.66. The molecule has 1 fully saturated rings. The lowest BCUT2D eigenvalue weighted by atomic mass is 9.81. The zero-order chi connectivity index (χ0) is 16.0. The van der Waals surface area contributed by atoms with Gasteiger partial charge in [0.1, 0.15) is 5.54 Å². The van der Waals surface area contributed by atoms with Gasteiger partial charge < -0.3 is 10.4 Å². The molecule has 0 aliphatic heterocycles. The van der Waals surface area contributed by atoms with Crippen molar-refractivity contribution < 1.29 is 19.5 Å². The number of hydrogen-bond acceptors (Lipinski definition) is 3. The van der Waals surface area contributed by atoms with Gasteiger partial charge >= 0.3 is 5.97 Å². The van der Waals surface area contributed by atoms with Crippen molar-refractivity contribution >= 4 is 17.7 Å². The highest BCUT2D eigenvalue weighted by Gasteiger charge is 2.40. The summed E-state index contributed by atoms with van der Waals surface area (Å²) >= 11 is 0. The monoisotopic (exact) mass is 303 g/mol. The van der Waals surface area contributed by atoms with E-state index in [1.807, 2.05) is 6.07 Å². The molecular weight excluding hydrogens is 282 g/mol. The lowest BCUT2D eigenvalue weighted by Gasteiger charge is -2.34. The Morgan fingerprint density at radius 1 is 1.00 bits per heavy atom. The molecule has 118 valence electrons. The molecule has 1 aromatic rings. The minimum Gasteiger partial charge on any atom is -0.480 e. The maximum absolute atomic E-state index is 12.0. The fraction of sp³-hybridized carbons (Fsp3) is 0.471. The van der Waals surface area contributed by atoms with Crippen LogP contribution in [0.1, 0.15) is 55.3 Å². The normalized spacial score (nSPS) is 16.7. The molecule has 0 radical (unpaired) electrons. The van der Waals surface area contributed by atoms with Crippen molar-refractivity contribution in [2.24, 2.45) is 0 Å². The Morgan fingerprint density at radius 3 is 2.23 bits per heavy atom. The van der Waals surface area contributed by atoms with Gasteiger partial charge in [-0.25, -0.2) is 4.79 Å². The number of hydrogen-bond donors (Lipinski definition) is 2. The van der Waals surface area contributed by atoms with E-state index in [9.17, 15) is 19.5 Å². The molecule has 0 unspecified atom stereocenters. The molecule has 0 heterocycles. The van der Waals surface area contributed by atoms with Gasteiger partial charge in [-0.2, -0.15) is 0 Å². The van der Waals surface area contributed by atoms with Crippen molar-refractivity contribution in [2.45, 2.75) is 50.5 Å². The van der Waals surface area contributed by atoms with Crippen molar-refractivity contribution in [1.29, 1.82) is 0 Å². The number of carbonyl (C=O) groups is 3. The molecule has 0 aromatic heterocycles. The first-order valence-corrected chi connectivity index (χ1v) is 7.66. The van der Waals surface area contributed by atoms with Crippen LogP contribution in [0.3, 0.4) is 0 Å². The zero-order valence-electron chi connectivity index (χ0n) is 12.5. The molecule has 22 heavy (non-hydrogen) atoms. The number of rotatable bonds is 6. The van der Waals surface area contributed by atoms with Crippen molar-refractivity contribution in [2.75, 3.05) is 0 Å². The van der Waals surface area contributed by atoms with Crippen LogP contribution in [0.15, 0.2) is 30.3 Å².